The van der Waals surface area contributed by atoms with Gasteiger partial charge in [-0.2, -0.15) is 0 Å². The number of halogens is 2. The number of hydrogen-bond donors (Lipinski definition) is 0. The van der Waals surface area contributed by atoms with E-state index in [1.807, 2.05) is 37.3 Å². The van der Waals surface area contributed by atoms with Crippen LogP contribution in [-0.2, 0) is 14.3 Å². The zero-order valence-electron chi connectivity index (χ0n) is 19.5. The number of aryl methyl sites for hydroxylation is 2. The molecule has 0 atom stereocenters. The molecule has 2 aliphatic rings. The fourth-order valence-corrected chi connectivity index (χ4v) is 4.99. The maximum absolute atomic E-state index is 16.1. The van der Waals surface area contributed by atoms with Crippen molar-refractivity contribution >= 4 is 30.0 Å². The molecular weight excluding hydrogens is 425 g/mol. The van der Waals surface area contributed by atoms with Crippen molar-refractivity contribution in [2.45, 2.75) is 34.6 Å². The molecule has 2 aromatic rings. The van der Waals surface area contributed by atoms with Gasteiger partial charge in [0, 0.05) is 23.8 Å². The van der Waals surface area contributed by atoms with Crippen LogP contribution < -0.4 is 0 Å². The molecule has 0 saturated heterocycles. The molecular formula is C25H25BF2N2O3. The van der Waals surface area contributed by atoms with Crippen molar-refractivity contribution in [2.75, 3.05) is 7.11 Å². The summed E-state index contributed by atoms with van der Waals surface area (Å²) in [5.74, 6) is -1.29. The van der Waals surface area contributed by atoms with Crippen molar-refractivity contribution in [3.05, 3.63) is 87.4 Å². The average Bonchev–Trinajstić information content (AvgIpc) is 3.20. The highest BCUT2D eigenvalue weighted by Crippen LogP contribution is 2.45. The zero-order valence-corrected chi connectivity index (χ0v) is 19.5. The van der Waals surface area contributed by atoms with E-state index in [0.717, 1.165) is 20.1 Å². The normalized spacial score (nSPS) is 17.4. The van der Waals surface area contributed by atoms with Gasteiger partial charge in [0.2, 0.25) is 0 Å². The number of carbonyl (C=O) groups excluding carboxylic acids is 2. The highest BCUT2D eigenvalue weighted by atomic mass is 19.2. The number of esters is 1. The van der Waals surface area contributed by atoms with Gasteiger partial charge in [0.05, 0.1) is 12.7 Å². The van der Waals surface area contributed by atoms with Crippen LogP contribution in [0.1, 0.15) is 43.3 Å². The smallest absolute Gasteiger partial charge is 0.465 e. The highest BCUT2D eigenvalue weighted by molar-refractivity contribution is 6.58. The number of fused-ring (bicyclic) bond motifs is 2. The van der Waals surface area contributed by atoms with E-state index in [-0.39, 0.29) is 11.3 Å². The molecule has 0 amide bonds. The highest BCUT2D eigenvalue weighted by Gasteiger charge is 2.56. The molecule has 0 bridgehead atoms. The predicted molar refractivity (Wildman–Crippen MR) is 124 cm³/mol. The first-order valence-corrected chi connectivity index (χ1v) is 10.7. The predicted octanol–water partition coefficient (Wildman–Crippen LogP) is 4.59. The van der Waals surface area contributed by atoms with Crippen molar-refractivity contribution in [2.24, 2.45) is 0 Å². The summed E-state index contributed by atoms with van der Waals surface area (Å²) in [4.78, 5) is 24.3. The van der Waals surface area contributed by atoms with Gasteiger partial charge >= 0.3 is 12.9 Å². The number of hydrogen-bond acceptors (Lipinski definition) is 3. The van der Waals surface area contributed by atoms with Gasteiger partial charge in [-0.05, 0) is 56.7 Å². The standard InChI is InChI=1S/C25H25BF2N2O3/c1-14-12-15(2)29-23(14)22(19-10-8-7-9-11-19)24-16(3)20(17(4)30(24)26(29,27)28)13-21(18(5)31)25(32)33-6/h7-13H,1-6H3/b21-13+. The van der Waals surface area contributed by atoms with Crippen LogP contribution in [0.3, 0.4) is 0 Å². The van der Waals surface area contributed by atoms with E-state index in [4.69, 9.17) is 4.74 Å². The fraction of sp³-hybridized carbons (Fsp3) is 0.240. The topological polar surface area (TPSA) is 51.3 Å². The van der Waals surface area contributed by atoms with Gasteiger partial charge in [-0.3, -0.25) is 4.79 Å². The van der Waals surface area contributed by atoms with Crippen molar-refractivity contribution in [3.8, 4) is 0 Å². The molecule has 0 aliphatic carbocycles. The third-order valence-electron chi connectivity index (χ3n) is 6.40. The number of benzene rings is 1. The van der Waals surface area contributed by atoms with E-state index < -0.39 is 18.7 Å². The Morgan fingerprint density at radius 3 is 2.30 bits per heavy atom. The van der Waals surface area contributed by atoms with Crippen LogP contribution in [0.5, 0.6) is 0 Å². The Kier molecular flexibility index (Phi) is 5.35. The Bertz CT molecular complexity index is 1350. The van der Waals surface area contributed by atoms with E-state index in [9.17, 15) is 9.59 Å². The van der Waals surface area contributed by atoms with Gasteiger partial charge < -0.3 is 22.3 Å². The molecule has 2 aliphatic heterocycles. The van der Waals surface area contributed by atoms with Crippen molar-refractivity contribution in [3.63, 3.8) is 0 Å². The van der Waals surface area contributed by atoms with Gasteiger partial charge in [-0.15, -0.1) is 0 Å². The Balaban J connectivity index is 2.14. The van der Waals surface area contributed by atoms with Gasteiger partial charge in [0.1, 0.15) is 11.3 Å². The molecule has 1 aromatic carbocycles. The lowest BCUT2D eigenvalue weighted by Crippen LogP contribution is -2.51. The number of carbonyl (C=O) groups is 2. The monoisotopic (exact) mass is 450 g/mol. The van der Waals surface area contributed by atoms with Crippen LogP contribution in [0.4, 0.5) is 8.63 Å². The molecule has 8 heteroatoms. The molecule has 0 radical (unpaired) electrons. The number of aromatic nitrogens is 1. The van der Waals surface area contributed by atoms with Gasteiger partial charge in [0.15, 0.2) is 11.5 Å². The number of ketones is 1. The minimum atomic E-state index is -4.21. The summed E-state index contributed by atoms with van der Waals surface area (Å²) < 4.78 is 39.2. The Morgan fingerprint density at radius 2 is 1.73 bits per heavy atom. The van der Waals surface area contributed by atoms with Gasteiger partial charge in [-0.25, -0.2) is 4.79 Å². The molecule has 0 spiro atoms. The second-order valence-electron chi connectivity index (χ2n) is 8.47. The molecule has 3 heterocycles. The Morgan fingerprint density at radius 1 is 1.09 bits per heavy atom. The largest absolute Gasteiger partial charge is 0.737 e. The minimum Gasteiger partial charge on any atom is -0.465 e. The molecule has 1 aromatic heterocycles. The van der Waals surface area contributed by atoms with E-state index in [0.29, 0.717) is 33.8 Å². The summed E-state index contributed by atoms with van der Waals surface area (Å²) in [7, 11) is 1.18. The Labute approximate surface area is 191 Å². The number of allylic oxidation sites excluding steroid dienone is 3. The number of nitrogens with zero attached hydrogens (tertiary/aromatic N) is 2. The summed E-state index contributed by atoms with van der Waals surface area (Å²) in [5.41, 5.74) is 4.66. The second-order valence-corrected chi connectivity index (χ2v) is 8.47. The summed E-state index contributed by atoms with van der Waals surface area (Å²) in [6.45, 7) is 3.89. The van der Waals surface area contributed by atoms with Crippen molar-refractivity contribution < 1.29 is 27.4 Å². The molecule has 4 rings (SSSR count). The van der Waals surface area contributed by atoms with Crippen LogP contribution in [0.2, 0.25) is 0 Å². The van der Waals surface area contributed by atoms with E-state index in [1.165, 1.54) is 20.1 Å². The first-order valence-electron chi connectivity index (χ1n) is 10.7. The lowest BCUT2D eigenvalue weighted by Gasteiger charge is -2.34. The van der Waals surface area contributed by atoms with Crippen LogP contribution in [0, 0.1) is 13.8 Å². The molecule has 33 heavy (non-hydrogen) atoms. The molecule has 5 nitrogen and oxygen atoms in total. The van der Waals surface area contributed by atoms with Crippen LogP contribution in [0.25, 0.3) is 5.57 Å². The van der Waals surface area contributed by atoms with Crippen molar-refractivity contribution in [1.82, 2.24) is 4.48 Å². The summed E-state index contributed by atoms with van der Waals surface area (Å²) in [6, 6.07) is 11.2. The van der Waals surface area contributed by atoms with Crippen LogP contribution >= 0.6 is 0 Å². The summed E-state index contributed by atoms with van der Waals surface area (Å²) in [5, 5.41) is 0. The minimum absolute atomic E-state index is 0.185. The molecule has 0 N–H and O–H groups in total. The Hall–Kier alpha value is -3.55. The lowest BCUT2D eigenvalue weighted by molar-refractivity contribution is -0.363. The first-order chi connectivity index (χ1) is 15.5. The van der Waals surface area contributed by atoms with Crippen LogP contribution in [-0.4, -0.2) is 40.5 Å². The third-order valence-corrected chi connectivity index (χ3v) is 6.40. The SMILES string of the molecule is COC(=O)/C(=C/C1=C(C)C2=C(c3ccccc3)c3c(C)cc(C)n3[B-](F)(F)[N+]2=C1C)C(C)=O. The number of Topliss-reactive ketones (excluding diaryl/α,β-unsaturated/α-hetero) is 1. The second kappa shape index (κ2) is 7.80. The zero-order chi connectivity index (χ0) is 24.2. The van der Waals surface area contributed by atoms with Gasteiger partial charge in [0.25, 0.3) is 0 Å². The van der Waals surface area contributed by atoms with Gasteiger partial charge in [-0.1, -0.05) is 30.3 Å². The third kappa shape index (κ3) is 3.24. The molecule has 170 valence electrons. The van der Waals surface area contributed by atoms with E-state index in [1.54, 1.807) is 26.8 Å². The first kappa shape index (κ1) is 22.6. The number of rotatable bonds is 4. The molecule has 0 saturated carbocycles. The van der Waals surface area contributed by atoms with Crippen molar-refractivity contribution in [1.29, 1.82) is 0 Å². The van der Waals surface area contributed by atoms with Crippen LogP contribution in [0.15, 0.2) is 64.9 Å². The number of methoxy groups -OCH3 is 1. The lowest BCUT2D eigenvalue weighted by atomic mass is 9.84. The quantitative estimate of drug-likeness (QED) is 0.225. The maximum atomic E-state index is 16.1. The fourth-order valence-electron chi connectivity index (χ4n) is 4.99. The van der Waals surface area contributed by atoms with E-state index in [2.05, 4.69) is 0 Å². The summed E-state index contributed by atoms with van der Waals surface area (Å²) >= 11 is 0. The van der Waals surface area contributed by atoms with E-state index >= 15 is 8.63 Å². The molecule has 0 fully saturated rings. The molecule has 0 unspecified atom stereocenters. The maximum Gasteiger partial charge on any atom is 0.737 e. The summed E-state index contributed by atoms with van der Waals surface area (Å²) in [6.07, 6.45) is 1.37. The number of ether oxygens (including phenoxy) is 1. The average molecular weight is 450 g/mol.